The molecule has 3 amide bonds. The molecule has 1 aromatic heterocycles. The molecular weight excluding hydrogens is 528 g/mol. The van der Waals surface area contributed by atoms with E-state index >= 15 is 0 Å². The van der Waals surface area contributed by atoms with Crippen LogP contribution in [0.15, 0.2) is 17.5 Å². The lowest BCUT2D eigenvalue weighted by Crippen LogP contribution is -2.57. The molecule has 17 nitrogen and oxygen atoms in total. The number of nitrogens with one attached hydrogen (secondary N) is 4. The number of carboxylic acid groups (broad SMARTS) is 2. The maximum Gasteiger partial charge on any atom is 0.326 e. The average molecular weight is 569 g/mol. The molecule has 0 saturated heterocycles. The highest BCUT2D eigenvalue weighted by Gasteiger charge is 2.31. The first-order valence-electron chi connectivity index (χ1n) is 12.8. The van der Waals surface area contributed by atoms with E-state index in [2.05, 4.69) is 30.9 Å². The molecule has 1 rings (SSSR count). The molecule has 1 heterocycles. The molecule has 4 unspecified atom stereocenters. The van der Waals surface area contributed by atoms with Crippen molar-refractivity contribution in [2.75, 3.05) is 13.1 Å². The van der Waals surface area contributed by atoms with E-state index in [0.717, 1.165) is 0 Å². The standard InChI is InChI=1S/C23H40N10O7/c24-8-2-1-4-14(25)19(36)33-17(10-13-11-28-12-30-13)21(38)31-15(6-7-18(34)35)20(37)32-16(22(39)40)5-3-9-29-23(26)27/h11-12,14-17H,1-10,24-25H2,(H,28,30)(H,31,38)(H,32,37)(H,33,36)(H,34,35)(H,39,40)(H4,26,27,29). The number of carbonyl (C=O) groups is 5. The van der Waals surface area contributed by atoms with Gasteiger partial charge in [-0.1, -0.05) is 6.42 Å². The van der Waals surface area contributed by atoms with Crippen LogP contribution in [0.5, 0.6) is 0 Å². The summed E-state index contributed by atoms with van der Waals surface area (Å²) in [5.74, 6) is -5.05. The molecule has 224 valence electrons. The number of nitrogens with zero attached hydrogens (tertiary/aromatic N) is 2. The molecule has 17 heteroatoms. The van der Waals surface area contributed by atoms with Gasteiger partial charge in [-0.2, -0.15) is 0 Å². The van der Waals surface area contributed by atoms with Crippen LogP contribution < -0.4 is 38.9 Å². The quantitative estimate of drug-likeness (QED) is 0.0424. The first-order chi connectivity index (χ1) is 18.9. The summed E-state index contributed by atoms with van der Waals surface area (Å²) in [6, 6.07) is -4.88. The average Bonchev–Trinajstić information content (AvgIpc) is 3.40. The largest absolute Gasteiger partial charge is 0.481 e. The SMILES string of the molecule is NCCCCC(N)C(=O)NC(Cc1cnc[nH]1)C(=O)NC(CCC(=O)O)C(=O)NC(CCCN=C(N)N)C(=O)O. The Hall–Kier alpha value is -4.25. The topological polar surface area (TPSA) is 307 Å². The van der Waals surface area contributed by atoms with Gasteiger partial charge < -0.3 is 54.1 Å². The number of hydrogen-bond donors (Lipinski definition) is 10. The van der Waals surface area contributed by atoms with Crippen LogP contribution in [0.4, 0.5) is 0 Å². The normalized spacial score (nSPS) is 13.8. The summed E-state index contributed by atoms with van der Waals surface area (Å²) in [6.45, 7) is 0.572. The van der Waals surface area contributed by atoms with Crippen molar-refractivity contribution in [3.63, 3.8) is 0 Å². The second-order valence-corrected chi connectivity index (χ2v) is 9.07. The molecule has 0 spiro atoms. The Morgan fingerprint density at radius 3 is 2.12 bits per heavy atom. The molecule has 14 N–H and O–H groups in total. The molecule has 0 radical (unpaired) electrons. The maximum atomic E-state index is 13.2. The van der Waals surface area contributed by atoms with Gasteiger partial charge >= 0.3 is 11.9 Å². The van der Waals surface area contributed by atoms with Gasteiger partial charge in [0.1, 0.15) is 18.1 Å². The van der Waals surface area contributed by atoms with Gasteiger partial charge in [-0.15, -0.1) is 0 Å². The summed E-state index contributed by atoms with van der Waals surface area (Å²) in [4.78, 5) is 72.2. The van der Waals surface area contributed by atoms with Crippen molar-refractivity contribution in [2.24, 2.45) is 27.9 Å². The third kappa shape index (κ3) is 13.5. The lowest BCUT2D eigenvalue weighted by Gasteiger charge is -2.25. The highest BCUT2D eigenvalue weighted by molar-refractivity contribution is 5.94. The summed E-state index contributed by atoms with van der Waals surface area (Å²) < 4.78 is 0. The number of unbranched alkanes of at least 4 members (excludes halogenated alkanes) is 1. The lowest BCUT2D eigenvalue weighted by molar-refractivity contribution is -0.143. The Morgan fingerprint density at radius 1 is 0.900 bits per heavy atom. The van der Waals surface area contributed by atoms with Gasteiger partial charge in [0, 0.05) is 31.3 Å². The highest BCUT2D eigenvalue weighted by atomic mass is 16.4. The third-order valence-corrected chi connectivity index (χ3v) is 5.76. The molecule has 0 fully saturated rings. The fourth-order valence-electron chi connectivity index (χ4n) is 3.59. The van der Waals surface area contributed by atoms with E-state index in [1.807, 2.05) is 0 Å². The Labute approximate surface area is 230 Å². The molecule has 0 aliphatic rings. The molecular formula is C23H40N10O7. The number of aromatic nitrogens is 2. The predicted octanol–water partition coefficient (Wildman–Crippen LogP) is -3.13. The fourth-order valence-corrected chi connectivity index (χ4v) is 3.59. The van der Waals surface area contributed by atoms with Crippen LogP contribution in [0.25, 0.3) is 0 Å². The van der Waals surface area contributed by atoms with Gasteiger partial charge in [-0.05, 0) is 38.6 Å². The lowest BCUT2D eigenvalue weighted by atomic mass is 10.0. The van der Waals surface area contributed by atoms with Crippen molar-refractivity contribution >= 4 is 35.6 Å². The van der Waals surface area contributed by atoms with Crippen LogP contribution in [0.2, 0.25) is 0 Å². The van der Waals surface area contributed by atoms with E-state index < -0.39 is 60.2 Å². The number of aromatic amines is 1. The van der Waals surface area contributed by atoms with E-state index in [0.29, 0.717) is 31.5 Å². The zero-order valence-corrected chi connectivity index (χ0v) is 22.2. The zero-order valence-electron chi connectivity index (χ0n) is 22.2. The van der Waals surface area contributed by atoms with E-state index in [-0.39, 0.29) is 38.2 Å². The van der Waals surface area contributed by atoms with Crippen molar-refractivity contribution in [3.8, 4) is 0 Å². The summed E-state index contributed by atoms with van der Waals surface area (Å²) >= 11 is 0. The van der Waals surface area contributed by atoms with Crippen LogP contribution in [-0.4, -0.2) is 93.1 Å². The maximum absolute atomic E-state index is 13.2. The van der Waals surface area contributed by atoms with Crippen molar-refractivity contribution in [2.45, 2.75) is 75.5 Å². The zero-order chi connectivity index (χ0) is 30.1. The Kier molecular flexibility index (Phi) is 15.3. The van der Waals surface area contributed by atoms with Crippen molar-refractivity contribution in [1.82, 2.24) is 25.9 Å². The number of aliphatic imine (C=N–C) groups is 1. The number of rotatable bonds is 20. The summed E-state index contributed by atoms with van der Waals surface area (Å²) in [5, 5.41) is 26.0. The van der Waals surface area contributed by atoms with Crippen molar-refractivity contribution < 1.29 is 34.2 Å². The number of carboxylic acids is 2. The van der Waals surface area contributed by atoms with Gasteiger partial charge in [-0.3, -0.25) is 24.2 Å². The van der Waals surface area contributed by atoms with Crippen molar-refractivity contribution in [3.05, 3.63) is 18.2 Å². The Bertz CT molecular complexity index is 998. The van der Waals surface area contributed by atoms with E-state index in [1.165, 1.54) is 12.5 Å². The van der Waals surface area contributed by atoms with Crippen molar-refractivity contribution in [1.29, 1.82) is 0 Å². The molecule has 4 atom stereocenters. The van der Waals surface area contributed by atoms with Crippen LogP contribution in [-0.2, 0) is 30.4 Å². The number of hydrogen-bond acceptors (Lipinski definition) is 9. The fraction of sp³-hybridized carbons (Fsp3) is 0.609. The van der Waals surface area contributed by atoms with Crippen LogP contribution in [0, 0.1) is 0 Å². The first kappa shape index (κ1) is 33.8. The van der Waals surface area contributed by atoms with Crippen LogP contribution in [0.1, 0.15) is 50.6 Å². The number of carbonyl (C=O) groups excluding carboxylic acids is 3. The van der Waals surface area contributed by atoms with Crippen LogP contribution >= 0.6 is 0 Å². The van der Waals surface area contributed by atoms with E-state index in [4.69, 9.17) is 28.0 Å². The third-order valence-electron chi connectivity index (χ3n) is 5.76. The minimum Gasteiger partial charge on any atom is -0.481 e. The minimum absolute atomic E-state index is 0.0298. The van der Waals surface area contributed by atoms with Gasteiger partial charge in [0.2, 0.25) is 17.7 Å². The molecule has 40 heavy (non-hydrogen) atoms. The minimum atomic E-state index is -1.41. The van der Waals surface area contributed by atoms with Gasteiger partial charge in [0.25, 0.3) is 0 Å². The number of aliphatic carboxylic acids is 2. The highest BCUT2D eigenvalue weighted by Crippen LogP contribution is 2.07. The van der Waals surface area contributed by atoms with Gasteiger partial charge in [0.15, 0.2) is 5.96 Å². The van der Waals surface area contributed by atoms with E-state index in [1.54, 1.807) is 0 Å². The molecule has 0 saturated carbocycles. The molecule has 0 aliphatic carbocycles. The second-order valence-electron chi connectivity index (χ2n) is 9.07. The molecule has 0 aromatic carbocycles. The molecule has 0 aliphatic heterocycles. The number of H-pyrrole nitrogens is 1. The van der Waals surface area contributed by atoms with Gasteiger partial charge in [-0.25, -0.2) is 9.78 Å². The Balaban J connectivity index is 3.02. The summed E-state index contributed by atoms with van der Waals surface area (Å²) in [5.41, 5.74) is 22.4. The van der Waals surface area contributed by atoms with Crippen LogP contribution in [0.3, 0.4) is 0 Å². The monoisotopic (exact) mass is 568 g/mol. The first-order valence-corrected chi connectivity index (χ1v) is 12.8. The second kappa shape index (κ2) is 18.1. The number of nitrogens with two attached hydrogens (primary N) is 4. The Morgan fingerprint density at radius 2 is 1.55 bits per heavy atom. The number of imidazole rings is 1. The summed E-state index contributed by atoms with van der Waals surface area (Å²) in [7, 11) is 0. The number of guanidine groups is 1. The summed E-state index contributed by atoms with van der Waals surface area (Å²) in [6.07, 6.45) is 3.77. The predicted molar refractivity (Wildman–Crippen MR) is 143 cm³/mol. The molecule has 0 bridgehead atoms. The number of amides is 3. The molecule has 1 aromatic rings. The smallest absolute Gasteiger partial charge is 0.326 e. The van der Waals surface area contributed by atoms with E-state index in [9.17, 15) is 29.1 Å². The van der Waals surface area contributed by atoms with Gasteiger partial charge in [0.05, 0.1) is 12.4 Å².